The van der Waals surface area contributed by atoms with Crippen molar-refractivity contribution in [3.63, 3.8) is 0 Å². The molecule has 2 rings (SSSR count). The molecule has 0 aliphatic rings. The van der Waals surface area contributed by atoms with E-state index < -0.39 is 0 Å². The van der Waals surface area contributed by atoms with E-state index in [0.29, 0.717) is 0 Å². The minimum Gasteiger partial charge on any atom is -0.317 e. The van der Waals surface area contributed by atoms with E-state index in [0.717, 1.165) is 35.7 Å². The molecule has 0 aliphatic heterocycles. The van der Waals surface area contributed by atoms with E-state index in [1.165, 1.54) is 62.0 Å². The van der Waals surface area contributed by atoms with Crippen molar-refractivity contribution in [2.75, 3.05) is 22.1 Å². The average Bonchev–Trinajstić information content (AvgIpc) is 2.76. The summed E-state index contributed by atoms with van der Waals surface area (Å²) < 4.78 is 0. The molecule has 0 aromatic heterocycles. The van der Waals surface area contributed by atoms with Gasteiger partial charge in [-0.1, -0.05) is 98.4 Å². The Morgan fingerprint density at radius 3 is 1.23 bits per heavy atom. The van der Waals surface area contributed by atoms with Crippen molar-refractivity contribution in [2.24, 2.45) is 0 Å². The van der Waals surface area contributed by atoms with Gasteiger partial charge in [0.2, 0.25) is 0 Å². The molecule has 0 heterocycles. The molecule has 0 aliphatic carbocycles. The molecule has 0 fully saturated rings. The van der Waals surface area contributed by atoms with Crippen LogP contribution in [0.15, 0.2) is 60.7 Å². The van der Waals surface area contributed by atoms with Gasteiger partial charge in [0.25, 0.3) is 10.5 Å². The van der Waals surface area contributed by atoms with Gasteiger partial charge in [0, 0.05) is 22.9 Å². The molecular weight excluding hydrogens is 412 g/mol. The van der Waals surface area contributed by atoms with Crippen molar-refractivity contribution in [1.82, 2.24) is 0 Å². The summed E-state index contributed by atoms with van der Waals surface area (Å²) in [6.07, 6.45) is 9.50. The Morgan fingerprint density at radius 2 is 0.867 bits per heavy atom. The van der Waals surface area contributed by atoms with Crippen molar-refractivity contribution in [3.05, 3.63) is 60.7 Å². The number of carbonyl (C=O) groups excluding carboxylic acids is 2. The predicted molar refractivity (Wildman–Crippen MR) is 133 cm³/mol. The maximum absolute atomic E-state index is 11.8. The topological polar surface area (TPSA) is 58.2 Å². The molecule has 30 heavy (non-hydrogen) atoms. The van der Waals surface area contributed by atoms with Gasteiger partial charge in [0.1, 0.15) is 0 Å². The molecule has 0 bridgehead atoms. The summed E-state index contributed by atoms with van der Waals surface area (Å²) in [7, 11) is 0. The fourth-order valence-corrected chi connectivity index (χ4v) is 4.39. The van der Waals surface area contributed by atoms with Gasteiger partial charge in [-0.3, -0.25) is 9.59 Å². The number of anilines is 2. The van der Waals surface area contributed by atoms with E-state index in [4.69, 9.17) is 0 Å². The van der Waals surface area contributed by atoms with E-state index in [2.05, 4.69) is 10.6 Å². The number of amides is 2. The molecule has 0 spiro atoms. The number of hydrogen-bond acceptors (Lipinski definition) is 4. The first kappa shape index (κ1) is 24.4. The first-order valence-corrected chi connectivity index (χ1v) is 12.7. The highest BCUT2D eigenvalue weighted by Crippen LogP contribution is 2.16. The molecule has 162 valence electrons. The largest absolute Gasteiger partial charge is 0.317 e. The molecule has 6 heteroatoms. The van der Waals surface area contributed by atoms with Gasteiger partial charge in [-0.25, -0.2) is 0 Å². The highest BCUT2D eigenvalue weighted by molar-refractivity contribution is 8.14. The van der Waals surface area contributed by atoms with Gasteiger partial charge < -0.3 is 10.6 Å². The fourth-order valence-electron chi connectivity index (χ4n) is 2.95. The van der Waals surface area contributed by atoms with E-state index in [9.17, 15) is 9.59 Å². The van der Waals surface area contributed by atoms with Crippen LogP contribution in [0.2, 0.25) is 0 Å². The van der Waals surface area contributed by atoms with E-state index in [-0.39, 0.29) is 10.5 Å². The quantitative estimate of drug-likeness (QED) is 0.307. The second kappa shape index (κ2) is 15.9. The molecule has 0 saturated heterocycles. The summed E-state index contributed by atoms with van der Waals surface area (Å²) in [5.74, 6) is 1.75. The van der Waals surface area contributed by atoms with Crippen LogP contribution < -0.4 is 10.6 Å². The monoisotopic (exact) mass is 444 g/mol. The number of rotatable bonds is 13. The van der Waals surface area contributed by atoms with Crippen LogP contribution in [0, 0.1) is 0 Å². The lowest BCUT2D eigenvalue weighted by Gasteiger charge is -2.05. The zero-order valence-electron chi connectivity index (χ0n) is 17.5. The van der Waals surface area contributed by atoms with Crippen LogP contribution in [-0.4, -0.2) is 22.0 Å². The fraction of sp³-hybridized carbons (Fsp3) is 0.417. The van der Waals surface area contributed by atoms with Gasteiger partial charge in [0.15, 0.2) is 0 Å². The number of para-hydroxylation sites is 2. The van der Waals surface area contributed by atoms with E-state index >= 15 is 0 Å². The molecular formula is C24H32N2O2S2. The molecule has 2 N–H and O–H groups in total. The highest BCUT2D eigenvalue weighted by atomic mass is 32.2. The summed E-state index contributed by atoms with van der Waals surface area (Å²) >= 11 is 2.73. The van der Waals surface area contributed by atoms with E-state index in [1.54, 1.807) is 0 Å². The number of carbonyl (C=O) groups is 2. The number of nitrogens with one attached hydrogen (secondary N) is 2. The van der Waals surface area contributed by atoms with Crippen LogP contribution in [0.5, 0.6) is 0 Å². The third-order valence-corrected chi connectivity index (χ3v) is 6.26. The summed E-state index contributed by atoms with van der Waals surface area (Å²) in [5, 5.41) is 5.84. The SMILES string of the molecule is O=C(Nc1ccccc1)SCCCCCCCCCCSC(=O)Nc1ccccc1. The Bertz CT molecular complexity index is 663. The minimum atomic E-state index is 0.0246. The molecule has 0 radical (unpaired) electrons. The second-order valence-corrected chi connectivity index (χ2v) is 9.22. The Kier molecular flexibility index (Phi) is 12.9. The Balaban J connectivity index is 1.33. The Hall–Kier alpha value is -1.92. The van der Waals surface area contributed by atoms with Crippen molar-refractivity contribution < 1.29 is 9.59 Å². The maximum atomic E-state index is 11.8. The predicted octanol–water partition coefficient (Wildman–Crippen LogP) is 8.04. The van der Waals surface area contributed by atoms with Gasteiger partial charge in [-0.15, -0.1) is 0 Å². The first-order chi connectivity index (χ1) is 14.7. The molecule has 2 aromatic carbocycles. The van der Waals surface area contributed by atoms with E-state index in [1.807, 2.05) is 60.7 Å². The van der Waals surface area contributed by atoms with Crippen LogP contribution in [0.3, 0.4) is 0 Å². The molecule has 0 saturated carbocycles. The minimum absolute atomic E-state index is 0.0246. The van der Waals surface area contributed by atoms with Gasteiger partial charge >= 0.3 is 0 Å². The van der Waals surface area contributed by atoms with Crippen molar-refractivity contribution >= 4 is 45.4 Å². The number of unbranched alkanes of at least 4 members (excludes halogenated alkanes) is 7. The number of benzene rings is 2. The molecule has 0 atom stereocenters. The van der Waals surface area contributed by atoms with Crippen LogP contribution in [0.1, 0.15) is 51.4 Å². The summed E-state index contributed by atoms with van der Waals surface area (Å²) in [5.41, 5.74) is 1.70. The third-order valence-electron chi connectivity index (χ3n) is 4.55. The first-order valence-electron chi connectivity index (χ1n) is 10.7. The van der Waals surface area contributed by atoms with Crippen LogP contribution in [0.4, 0.5) is 21.0 Å². The maximum Gasteiger partial charge on any atom is 0.283 e. The highest BCUT2D eigenvalue weighted by Gasteiger charge is 2.03. The molecule has 4 nitrogen and oxygen atoms in total. The lowest BCUT2D eigenvalue weighted by molar-refractivity contribution is 0.269. The third kappa shape index (κ3) is 11.9. The number of thioether (sulfide) groups is 2. The summed E-state index contributed by atoms with van der Waals surface area (Å²) in [4.78, 5) is 23.7. The van der Waals surface area contributed by atoms with Gasteiger partial charge in [-0.05, 0) is 37.1 Å². The molecule has 2 amide bonds. The van der Waals surface area contributed by atoms with Crippen LogP contribution >= 0.6 is 23.5 Å². The Labute approximate surface area is 189 Å². The standard InChI is InChI=1S/C24H32N2O2S2/c27-23(25-21-15-9-7-10-16-21)29-19-13-5-3-1-2-4-6-14-20-30-24(28)26-22-17-11-8-12-18-22/h7-12,15-18H,1-6,13-14,19-20H2,(H,25,27)(H,26,28). The number of hydrogen-bond donors (Lipinski definition) is 2. The smallest absolute Gasteiger partial charge is 0.283 e. The van der Waals surface area contributed by atoms with Gasteiger partial charge in [-0.2, -0.15) is 0 Å². The zero-order chi connectivity index (χ0) is 21.3. The van der Waals surface area contributed by atoms with Crippen molar-refractivity contribution in [3.8, 4) is 0 Å². The summed E-state index contributed by atoms with van der Waals surface area (Å²) in [6.45, 7) is 0. The van der Waals surface area contributed by atoms with Gasteiger partial charge in [0.05, 0.1) is 0 Å². The zero-order valence-corrected chi connectivity index (χ0v) is 19.1. The molecule has 2 aromatic rings. The summed E-state index contributed by atoms with van der Waals surface area (Å²) in [6, 6.07) is 19.1. The van der Waals surface area contributed by atoms with Crippen molar-refractivity contribution in [2.45, 2.75) is 51.4 Å². The Morgan fingerprint density at radius 1 is 0.533 bits per heavy atom. The molecule has 0 unspecified atom stereocenters. The van der Waals surface area contributed by atoms with Crippen LogP contribution in [-0.2, 0) is 0 Å². The average molecular weight is 445 g/mol. The van der Waals surface area contributed by atoms with Crippen molar-refractivity contribution in [1.29, 1.82) is 0 Å². The lowest BCUT2D eigenvalue weighted by atomic mass is 10.1. The normalized spacial score (nSPS) is 10.5. The lowest BCUT2D eigenvalue weighted by Crippen LogP contribution is -2.05. The second-order valence-electron chi connectivity index (χ2n) is 7.08. The van der Waals surface area contributed by atoms with Crippen LogP contribution in [0.25, 0.3) is 0 Å².